The van der Waals surface area contributed by atoms with Gasteiger partial charge >= 0.3 is 0 Å². The van der Waals surface area contributed by atoms with E-state index in [2.05, 4.69) is 4.98 Å². The highest BCUT2D eigenvalue weighted by Gasteiger charge is 2.27. The third-order valence-corrected chi connectivity index (χ3v) is 4.41. The second-order valence-electron chi connectivity index (χ2n) is 5.57. The minimum absolute atomic E-state index is 0.114. The molecule has 5 heteroatoms. The van der Waals surface area contributed by atoms with Gasteiger partial charge in [-0.25, -0.2) is 0 Å². The number of benzene rings is 1. The number of aromatic amines is 1. The zero-order valence-corrected chi connectivity index (χ0v) is 12.2. The molecule has 21 heavy (non-hydrogen) atoms. The molecule has 0 radical (unpaired) electrons. The Morgan fingerprint density at radius 3 is 2.67 bits per heavy atom. The normalized spacial score (nSPS) is 16.2. The highest BCUT2D eigenvalue weighted by Crippen LogP contribution is 2.32. The van der Waals surface area contributed by atoms with Crippen LogP contribution in [0.25, 0.3) is 10.9 Å². The third kappa shape index (κ3) is 2.56. The quantitative estimate of drug-likeness (QED) is 0.832. The molecule has 0 atom stereocenters. The van der Waals surface area contributed by atoms with E-state index < -0.39 is 5.56 Å². The Labute approximate surface area is 126 Å². The zero-order chi connectivity index (χ0) is 15.0. The lowest BCUT2D eigenvalue weighted by molar-refractivity contribution is 0.0885. The minimum atomic E-state index is -0.544. The van der Waals surface area contributed by atoms with E-state index >= 15 is 0 Å². The van der Waals surface area contributed by atoms with Crippen molar-refractivity contribution in [3.8, 4) is 5.75 Å². The predicted molar refractivity (Wildman–Crippen MR) is 82.1 cm³/mol. The number of aromatic hydroxyl groups is 1. The van der Waals surface area contributed by atoms with Gasteiger partial charge in [0.2, 0.25) is 0 Å². The van der Waals surface area contributed by atoms with Crippen LogP contribution in [0.1, 0.15) is 42.5 Å². The van der Waals surface area contributed by atoms with Gasteiger partial charge in [0.1, 0.15) is 11.3 Å². The Hall–Kier alpha value is -1.81. The highest BCUT2D eigenvalue weighted by molar-refractivity contribution is 6.31. The van der Waals surface area contributed by atoms with Crippen LogP contribution in [0.2, 0.25) is 5.02 Å². The van der Waals surface area contributed by atoms with Crippen molar-refractivity contribution in [3.05, 3.63) is 39.1 Å². The number of ketones is 1. The fraction of sp³-hybridized carbons (Fsp3) is 0.375. The van der Waals surface area contributed by atoms with Crippen molar-refractivity contribution in [2.24, 2.45) is 5.92 Å². The molecule has 2 N–H and O–H groups in total. The lowest BCUT2D eigenvalue weighted by Gasteiger charge is -2.20. The van der Waals surface area contributed by atoms with Crippen molar-refractivity contribution < 1.29 is 9.90 Å². The van der Waals surface area contributed by atoms with Crippen LogP contribution >= 0.6 is 11.6 Å². The minimum Gasteiger partial charge on any atom is -0.506 e. The number of carbonyl (C=O) groups is 1. The number of nitrogens with one attached hydrogen (secondary N) is 1. The van der Waals surface area contributed by atoms with Gasteiger partial charge in [0.15, 0.2) is 5.78 Å². The molecule has 110 valence electrons. The van der Waals surface area contributed by atoms with E-state index in [1.165, 1.54) is 0 Å². The van der Waals surface area contributed by atoms with Crippen LogP contribution in [0, 0.1) is 5.92 Å². The maximum atomic E-state index is 12.5. The standard InChI is InChI=1S/C16H16ClNO3/c17-10-6-7-11-12(8-10)18-16(21)13(15(11)20)14(19)9-4-2-1-3-5-9/h6-9H,1-5H2,(H2,18,20,21). The van der Waals surface area contributed by atoms with Crippen LogP contribution in [0.3, 0.4) is 0 Å². The molecule has 0 bridgehead atoms. The van der Waals surface area contributed by atoms with Gasteiger partial charge in [0, 0.05) is 16.3 Å². The second-order valence-corrected chi connectivity index (χ2v) is 6.00. The third-order valence-electron chi connectivity index (χ3n) is 4.17. The molecule has 0 spiro atoms. The first-order chi connectivity index (χ1) is 10.1. The van der Waals surface area contributed by atoms with E-state index in [0.717, 1.165) is 32.1 Å². The van der Waals surface area contributed by atoms with Gasteiger partial charge in [-0.15, -0.1) is 0 Å². The second kappa shape index (κ2) is 5.53. The summed E-state index contributed by atoms with van der Waals surface area (Å²) < 4.78 is 0. The first-order valence-electron chi connectivity index (χ1n) is 7.16. The van der Waals surface area contributed by atoms with Crippen LogP contribution in [0.4, 0.5) is 0 Å². The molecular weight excluding hydrogens is 290 g/mol. The highest BCUT2D eigenvalue weighted by atomic mass is 35.5. The zero-order valence-electron chi connectivity index (χ0n) is 11.5. The molecule has 1 aromatic carbocycles. The maximum absolute atomic E-state index is 12.5. The van der Waals surface area contributed by atoms with Crippen molar-refractivity contribution in [1.82, 2.24) is 4.98 Å². The molecule has 0 amide bonds. The molecule has 1 heterocycles. The summed E-state index contributed by atoms with van der Waals surface area (Å²) in [6, 6.07) is 4.80. The van der Waals surface area contributed by atoms with Gasteiger partial charge in [-0.3, -0.25) is 9.59 Å². The van der Waals surface area contributed by atoms with Crippen molar-refractivity contribution in [3.63, 3.8) is 0 Å². The van der Waals surface area contributed by atoms with Gasteiger partial charge in [-0.2, -0.15) is 0 Å². The molecule has 1 fully saturated rings. The Balaban J connectivity index is 2.12. The molecule has 1 aliphatic carbocycles. The number of carbonyl (C=O) groups excluding carboxylic acids is 1. The van der Waals surface area contributed by atoms with Crippen molar-refractivity contribution >= 4 is 28.3 Å². The summed E-state index contributed by atoms with van der Waals surface area (Å²) >= 11 is 5.88. The summed E-state index contributed by atoms with van der Waals surface area (Å²) in [5.74, 6) is -0.637. The van der Waals surface area contributed by atoms with Crippen molar-refractivity contribution in [2.75, 3.05) is 0 Å². The Bertz CT molecular complexity index is 760. The lowest BCUT2D eigenvalue weighted by Crippen LogP contribution is -2.25. The summed E-state index contributed by atoms with van der Waals surface area (Å²) in [5.41, 5.74) is -0.222. The molecule has 0 saturated heterocycles. The van der Waals surface area contributed by atoms with Gasteiger partial charge in [0.25, 0.3) is 5.56 Å². The van der Waals surface area contributed by atoms with Crippen LogP contribution < -0.4 is 5.56 Å². The monoisotopic (exact) mass is 305 g/mol. The van der Waals surface area contributed by atoms with Gasteiger partial charge in [0.05, 0.1) is 5.52 Å². The van der Waals surface area contributed by atoms with Crippen molar-refractivity contribution in [1.29, 1.82) is 0 Å². The van der Waals surface area contributed by atoms with Gasteiger partial charge in [-0.05, 0) is 31.0 Å². The summed E-state index contributed by atoms with van der Waals surface area (Å²) in [7, 11) is 0. The summed E-state index contributed by atoms with van der Waals surface area (Å²) in [4.78, 5) is 27.4. The van der Waals surface area contributed by atoms with E-state index in [4.69, 9.17) is 11.6 Å². The molecule has 3 rings (SSSR count). The number of halogens is 1. The molecule has 0 aliphatic heterocycles. The van der Waals surface area contributed by atoms with E-state index in [1.54, 1.807) is 18.2 Å². The van der Waals surface area contributed by atoms with Crippen LogP contribution in [-0.4, -0.2) is 15.9 Å². The molecular formula is C16H16ClNO3. The Kier molecular flexibility index (Phi) is 3.72. The van der Waals surface area contributed by atoms with Crippen molar-refractivity contribution in [2.45, 2.75) is 32.1 Å². The molecule has 1 aromatic heterocycles. The van der Waals surface area contributed by atoms with E-state index in [9.17, 15) is 14.7 Å². The largest absolute Gasteiger partial charge is 0.506 e. The lowest BCUT2D eigenvalue weighted by atomic mass is 9.83. The molecule has 1 saturated carbocycles. The molecule has 1 aliphatic rings. The van der Waals surface area contributed by atoms with E-state index in [-0.39, 0.29) is 23.0 Å². The number of hydrogen-bond acceptors (Lipinski definition) is 3. The SMILES string of the molecule is O=C(c1c(O)c2ccc(Cl)cc2[nH]c1=O)C1CCCCC1. The summed E-state index contributed by atoms with van der Waals surface area (Å²) in [5, 5.41) is 11.2. The Morgan fingerprint density at radius 1 is 1.24 bits per heavy atom. The number of H-pyrrole nitrogens is 1. The number of hydrogen-bond donors (Lipinski definition) is 2. The summed E-state index contributed by atoms with van der Waals surface area (Å²) in [6.07, 6.45) is 4.70. The van der Waals surface area contributed by atoms with E-state index in [1.807, 2.05) is 0 Å². The average Bonchev–Trinajstić information content (AvgIpc) is 2.47. The van der Waals surface area contributed by atoms with Gasteiger partial charge < -0.3 is 10.1 Å². The average molecular weight is 306 g/mol. The maximum Gasteiger partial charge on any atom is 0.263 e. The van der Waals surface area contributed by atoms with Crippen LogP contribution in [-0.2, 0) is 0 Å². The molecule has 2 aromatic rings. The summed E-state index contributed by atoms with van der Waals surface area (Å²) in [6.45, 7) is 0. The smallest absolute Gasteiger partial charge is 0.263 e. The topological polar surface area (TPSA) is 70.2 Å². The number of rotatable bonds is 2. The number of fused-ring (bicyclic) bond motifs is 1. The number of pyridine rings is 1. The fourth-order valence-corrected chi connectivity index (χ4v) is 3.22. The number of Topliss-reactive ketones (excluding diaryl/α,β-unsaturated/α-hetero) is 1. The van der Waals surface area contributed by atoms with E-state index in [0.29, 0.717) is 15.9 Å². The molecule has 0 unspecified atom stereocenters. The first-order valence-corrected chi connectivity index (χ1v) is 7.54. The van der Waals surface area contributed by atoms with Crippen LogP contribution in [0.5, 0.6) is 5.75 Å². The number of aromatic nitrogens is 1. The first kappa shape index (κ1) is 14.1. The molecule has 4 nitrogen and oxygen atoms in total. The van der Waals surface area contributed by atoms with Gasteiger partial charge in [-0.1, -0.05) is 30.9 Å². The fourth-order valence-electron chi connectivity index (χ4n) is 3.05. The predicted octanol–water partition coefficient (Wildman–Crippen LogP) is 3.65. The van der Waals surface area contributed by atoms with Crippen LogP contribution in [0.15, 0.2) is 23.0 Å². The Morgan fingerprint density at radius 2 is 1.95 bits per heavy atom.